The van der Waals surface area contributed by atoms with E-state index in [1.807, 2.05) is 4.90 Å². The van der Waals surface area contributed by atoms with Gasteiger partial charge in [0.15, 0.2) is 0 Å². The van der Waals surface area contributed by atoms with Crippen LogP contribution in [0.25, 0.3) is 0 Å². The van der Waals surface area contributed by atoms with Crippen LogP contribution in [-0.2, 0) is 9.53 Å². The van der Waals surface area contributed by atoms with E-state index in [2.05, 4.69) is 4.74 Å². The molecule has 8 heteroatoms. The SMILES string of the molecule is COC(=O)c1cc(N2CCC(C(=O)O)CC2)cc(C)c1[N+](=O)[O-]. The van der Waals surface area contributed by atoms with Crippen molar-refractivity contribution >= 4 is 23.3 Å². The van der Waals surface area contributed by atoms with Gasteiger partial charge >= 0.3 is 11.9 Å². The van der Waals surface area contributed by atoms with E-state index in [4.69, 9.17) is 5.11 Å². The molecule has 1 N–H and O–H groups in total. The molecule has 1 aromatic rings. The number of aryl methyl sites for hydroxylation is 1. The normalized spacial score (nSPS) is 15.3. The lowest BCUT2D eigenvalue weighted by atomic mass is 9.96. The van der Waals surface area contributed by atoms with Gasteiger partial charge in [-0.3, -0.25) is 14.9 Å². The summed E-state index contributed by atoms with van der Waals surface area (Å²) in [5.41, 5.74) is 0.680. The van der Waals surface area contributed by atoms with E-state index in [1.165, 1.54) is 13.2 Å². The van der Waals surface area contributed by atoms with Gasteiger partial charge in [-0.1, -0.05) is 0 Å². The van der Waals surface area contributed by atoms with Crippen LogP contribution < -0.4 is 4.90 Å². The highest BCUT2D eigenvalue weighted by molar-refractivity contribution is 5.96. The first-order chi connectivity index (χ1) is 10.8. The number of nitro benzene ring substituents is 1. The Hall–Kier alpha value is -2.64. The van der Waals surface area contributed by atoms with Crippen LogP contribution in [0, 0.1) is 23.0 Å². The van der Waals surface area contributed by atoms with E-state index in [-0.39, 0.29) is 17.2 Å². The number of carbonyl (C=O) groups is 2. The highest BCUT2D eigenvalue weighted by Gasteiger charge is 2.28. The molecule has 0 spiro atoms. The molecule has 0 aromatic heterocycles. The molecule has 0 bridgehead atoms. The highest BCUT2D eigenvalue weighted by Crippen LogP contribution is 2.32. The van der Waals surface area contributed by atoms with Crippen molar-refractivity contribution < 1.29 is 24.4 Å². The first-order valence-electron chi connectivity index (χ1n) is 7.20. The highest BCUT2D eigenvalue weighted by atomic mass is 16.6. The van der Waals surface area contributed by atoms with Crippen LogP contribution in [0.2, 0.25) is 0 Å². The third-order valence-corrected chi connectivity index (χ3v) is 4.08. The quantitative estimate of drug-likeness (QED) is 0.512. The molecule has 1 aromatic carbocycles. The van der Waals surface area contributed by atoms with Crippen molar-refractivity contribution in [2.24, 2.45) is 5.92 Å². The number of carboxylic acids is 1. The molecule has 0 unspecified atom stereocenters. The number of nitrogens with zero attached hydrogens (tertiary/aromatic N) is 2. The molecule has 1 aliphatic heterocycles. The van der Waals surface area contributed by atoms with Gasteiger partial charge < -0.3 is 14.7 Å². The number of benzene rings is 1. The summed E-state index contributed by atoms with van der Waals surface area (Å²) in [7, 11) is 1.17. The zero-order chi connectivity index (χ0) is 17.1. The van der Waals surface area contributed by atoms with Gasteiger partial charge in [0, 0.05) is 24.3 Å². The average Bonchev–Trinajstić information content (AvgIpc) is 2.52. The number of carboxylic acid groups (broad SMARTS) is 1. The number of rotatable bonds is 4. The Labute approximate surface area is 132 Å². The van der Waals surface area contributed by atoms with E-state index in [9.17, 15) is 19.7 Å². The maximum Gasteiger partial charge on any atom is 0.344 e. The third-order valence-electron chi connectivity index (χ3n) is 4.08. The van der Waals surface area contributed by atoms with Crippen molar-refractivity contribution in [3.63, 3.8) is 0 Å². The van der Waals surface area contributed by atoms with Gasteiger partial charge in [-0.2, -0.15) is 0 Å². The number of hydrogen-bond donors (Lipinski definition) is 1. The smallest absolute Gasteiger partial charge is 0.344 e. The molecule has 0 radical (unpaired) electrons. The summed E-state index contributed by atoms with van der Waals surface area (Å²) in [6.07, 6.45) is 0.998. The van der Waals surface area contributed by atoms with Crippen LogP contribution in [0.15, 0.2) is 12.1 Å². The Morgan fingerprint density at radius 1 is 1.35 bits per heavy atom. The molecule has 0 aliphatic carbocycles. The second kappa shape index (κ2) is 6.64. The number of esters is 1. The van der Waals surface area contributed by atoms with Crippen molar-refractivity contribution in [2.75, 3.05) is 25.1 Å². The minimum atomic E-state index is -0.806. The predicted octanol–water partition coefficient (Wildman–Crippen LogP) is 1.99. The fraction of sp³-hybridized carbons (Fsp3) is 0.467. The number of piperidine rings is 1. The van der Waals surface area contributed by atoms with E-state index in [0.717, 1.165) is 0 Å². The minimum Gasteiger partial charge on any atom is -0.481 e. The van der Waals surface area contributed by atoms with Crippen LogP contribution >= 0.6 is 0 Å². The predicted molar refractivity (Wildman–Crippen MR) is 81.7 cm³/mol. The Bertz CT molecular complexity index is 650. The zero-order valence-electron chi connectivity index (χ0n) is 12.9. The molecule has 0 saturated carbocycles. The van der Waals surface area contributed by atoms with E-state index in [0.29, 0.717) is 37.2 Å². The van der Waals surface area contributed by atoms with Crippen LogP contribution in [0.1, 0.15) is 28.8 Å². The summed E-state index contributed by atoms with van der Waals surface area (Å²) in [4.78, 5) is 35.4. The summed E-state index contributed by atoms with van der Waals surface area (Å²) in [5, 5.41) is 20.2. The number of hydrogen-bond acceptors (Lipinski definition) is 6. The fourth-order valence-electron chi connectivity index (χ4n) is 2.84. The first-order valence-corrected chi connectivity index (χ1v) is 7.20. The molecule has 1 saturated heterocycles. The summed E-state index contributed by atoms with van der Waals surface area (Å²) in [6, 6.07) is 3.09. The first kappa shape index (κ1) is 16.7. The molecule has 8 nitrogen and oxygen atoms in total. The molecule has 0 atom stereocenters. The maximum atomic E-state index is 11.8. The number of methoxy groups -OCH3 is 1. The largest absolute Gasteiger partial charge is 0.481 e. The van der Waals surface area contributed by atoms with Crippen molar-refractivity contribution in [3.8, 4) is 0 Å². The lowest BCUT2D eigenvalue weighted by molar-refractivity contribution is -0.385. The second-order valence-corrected chi connectivity index (χ2v) is 5.51. The van der Waals surface area contributed by atoms with Gasteiger partial charge in [0.2, 0.25) is 0 Å². The Balaban J connectivity index is 2.34. The number of carbonyl (C=O) groups excluding carboxylic acids is 1. The number of anilines is 1. The van der Waals surface area contributed by atoms with Gasteiger partial charge in [-0.15, -0.1) is 0 Å². The Morgan fingerprint density at radius 2 is 1.96 bits per heavy atom. The topological polar surface area (TPSA) is 110 Å². The second-order valence-electron chi connectivity index (χ2n) is 5.51. The van der Waals surface area contributed by atoms with Gasteiger partial charge in [0.1, 0.15) is 5.56 Å². The van der Waals surface area contributed by atoms with Crippen LogP contribution in [0.3, 0.4) is 0 Å². The Morgan fingerprint density at radius 3 is 2.43 bits per heavy atom. The van der Waals surface area contributed by atoms with Crippen LogP contribution in [0.4, 0.5) is 11.4 Å². The molecule has 1 fully saturated rings. The summed E-state index contributed by atoms with van der Waals surface area (Å²) in [5.74, 6) is -1.94. The van der Waals surface area contributed by atoms with E-state index >= 15 is 0 Å². The van der Waals surface area contributed by atoms with Crippen molar-refractivity contribution in [2.45, 2.75) is 19.8 Å². The molecule has 124 valence electrons. The monoisotopic (exact) mass is 322 g/mol. The van der Waals surface area contributed by atoms with Crippen molar-refractivity contribution in [1.82, 2.24) is 0 Å². The lowest BCUT2D eigenvalue weighted by Gasteiger charge is -2.32. The Kier molecular flexibility index (Phi) is 4.83. The van der Waals surface area contributed by atoms with E-state index < -0.39 is 16.9 Å². The average molecular weight is 322 g/mol. The molecule has 1 heterocycles. The number of aliphatic carboxylic acids is 1. The number of ether oxygens (including phenoxy) is 1. The molecule has 2 rings (SSSR count). The van der Waals surface area contributed by atoms with Gasteiger partial charge in [0.25, 0.3) is 5.69 Å². The number of nitro groups is 1. The lowest BCUT2D eigenvalue weighted by Crippen LogP contribution is -2.36. The van der Waals surface area contributed by atoms with E-state index in [1.54, 1.807) is 13.0 Å². The van der Waals surface area contributed by atoms with Gasteiger partial charge in [-0.25, -0.2) is 4.79 Å². The standard InChI is InChI=1S/C15H18N2O6/c1-9-7-11(16-5-3-10(4-6-16)14(18)19)8-12(15(20)23-2)13(9)17(21)22/h7-8,10H,3-6H2,1-2H3,(H,18,19). The zero-order valence-corrected chi connectivity index (χ0v) is 12.9. The van der Waals surface area contributed by atoms with Gasteiger partial charge in [0.05, 0.1) is 18.0 Å². The van der Waals surface area contributed by atoms with Crippen molar-refractivity contribution in [3.05, 3.63) is 33.4 Å². The molecule has 1 aliphatic rings. The molecule has 0 amide bonds. The molecular formula is C15H18N2O6. The molecular weight excluding hydrogens is 304 g/mol. The summed E-state index contributed by atoms with van der Waals surface area (Å²) in [6.45, 7) is 2.61. The van der Waals surface area contributed by atoms with Crippen LogP contribution in [0.5, 0.6) is 0 Å². The maximum absolute atomic E-state index is 11.8. The summed E-state index contributed by atoms with van der Waals surface area (Å²) >= 11 is 0. The van der Waals surface area contributed by atoms with Gasteiger partial charge in [-0.05, 0) is 31.9 Å². The van der Waals surface area contributed by atoms with Crippen molar-refractivity contribution in [1.29, 1.82) is 0 Å². The fourth-order valence-corrected chi connectivity index (χ4v) is 2.84. The van der Waals surface area contributed by atoms with Crippen LogP contribution in [-0.4, -0.2) is 42.2 Å². The minimum absolute atomic E-state index is 0.0899. The summed E-state index contributed by atoms with van der Waals surface area (Å²) < 4.78 is 4.63. The molecule has 23 heavy (non-hydrogen) atoms. The third kappa shape index (κ3) is 3.41.